The standard InChI is InChI=1S/C24H35N5O5/c1-14(2)10-21(30)29-13-17(27-24(33)26-15(3)4)12-20(29)23(32)28-19(22(25)31)11-16-6-8-18(34-5)9-7-16/h6-10,15,17,19-20H,11-13H2,1-5H3,(H2,25,31)(H,28,32)(H2,26,27,33)/t17-,19+,20+/m1/s1. The summed E-state index contributed by atoms with van der Waals surface area (Å²) in [5.41, 5.74) is 7.13. The third-order valence-electron chi connectivity index (χ3n) is 5.31. The Morgan fingerprint density at radius 2 is 1.79 bits per heavy atom. The predicted octanol–water partition coefficient (Wildman–Crippen LogP) is 0.851. The molecule has 0 spiro atoms. The van der Waals surface area contributed by atoms with Gasteiger partial charge in [-0.1, -0.05) is 17.7 Å². The van der Waals surface area contributed by atoms with Crippen molar-refractivity contribution in [2.24, 2.45) is 5.73 Å². The molecule has 186 valence electrons. The Morgan fingerprint density at radius 1 is 1.15 bits per heavy atom. The summed E-state index contributed by atoms with van der Waals surface area (Å²) in [6.07, 6.45) is 1.85. The van der Waals surface area contributed by atoms with Gasteiger partial charge < -0.3 is 31.3 Å². The van der Waals surface area contributed by atoms with Crippen LogP contribution in [0.15, 0.2) is 35.9 Å². The van der Waals surface area contributed by atoms with Crippen molar-refractivity contribution in [3.63, 3.8) is 0 Å². The fourth-order valence-corrected chi connectivity index (χ4v) is 3.74. The highest BCUT2D eigenvalue weighted by molar-refractivity contribution is 5.95. The van der Waals surface area contributed by atoms with Crippen molar-refractivity contribution >= 4 is 23.8 Å². The number of benzene rings is 1. The number of nitrogens with zero attached hydrogens (tertiary/aromatic N) is 1. The van der Waals surface area contributed by atoms with Crippen LogP contribution in [0.25, 0.3) is 0 Å². The van der Waals surface area contributed by atoms with Crippen LogP contribution in [-0.4, -0.2) is 66.5 Å². The van der Waals surface area contributed by atoms with Gasteiger partial charge in [-0.3, -0.25) is 14.4 Å². The number of hydrogen-bond acceptors (Lipinski definition) is 5. The fraction of sp³-hybridized carbons (Fsp3) is 0.500. The number of urea groups is 1. The van der Waals surface area contributed by atoms with Crippen molar-refractivity contribution in [1.82, 2.24) is 20.9 Å². The molecule has 1 aromatic rings. The molecule has 1 saturated heterocycles. The molecule has 0 radical (unpaired) electrons. The monoisotopic (exact) mass is 473 g/mol. The lowest BCUT2D eigenvalue weighted by molar-refractivity contribution is -0.136. The molecule has 0 bridgehead atoms. The van der Waals surface area contributed by atoms with E-state index in [-0.39, 0.29) is 37.4 Å². The minimum Gasteiger partial charge on any atom is -0.497 e. The Balaban J connectivity index is 2.16. The molecule has 1 fully saturated rings. The summed E-state index contributed by atoms with van der Waals surface area (Å²) in [5, 5.41) is 8.24. The zero-order chi connectivity index (χ0) is 25.4. The van der Waals surface area contributed by atoms with Crippen molar-refractivity contribution in [2.75, 3.05) is 13.7 Å². The molecule has 0 unspecified atom stereocenters. The number of nitrogens with one attached hydrogen (secondary N) is 3. The highest BCUT2D eigenvalue weighted by atomic mass is 16.5. The van der Waals surface area contributed by atoms with Gasteiger partial charge in [0, 0.05) is 25.1 Å². The number of rotatable bonds is 9. The maximum absolute atomic E-state index is 13.2. The smallest absolute Gasteiger partial charge is 0.315 e. The second-order valence-electron chi connectivity index (χ2n) is 8.95. The number of primary amides is 1. The van der Waals surface area contributed by atoms with E-state index in [1.807, 2.05) is 13.8 Å². The summed E-state index contributed by atoms with van der Waals surface area (Å²) >= 11 is 0. The number of likely N-dealkylation sites (tertiary alicyclic amines) is 1. The van der Waals surface area contributed by atoms with Gasteiger partial charge in [0.1, 0.15) is 17.8 Å². The summed E-state index contributed by atoms with van der Waals surface area (Å²) in [6.45, 7) is 7.41. The van der Waals surface area contributed by atoms with Crippen LogP contribution >= 0.6 is 0 Å². The summed E-state index contributed by atoms with van der Waals surface area (Å²) in [6, 6.07) is 4.42. The summed E-state index contributed by atoms with van der Waals surface area (Å²) in [4.78, 5) is 51.6. The van der Waals surface area contributed by atoms with E-state index in [9.17, 15) is 19.2 Å². The molecule has 3 atom stereocenters. The van der Waals surface area contributed by atoms with Crippen LogP contribution in [0.2, 0.25) is 0 Å². The summed E-state index contributed by atoms with van der Waals surface area (Å²) in [7, 11) is 1.56. The quantitative estimate of drug-likeness (QED) is 0.393. The van der Waals surface area contributed by atoms with Gasteiger partial charge in [-0.05, 0) is 51.8 Å². The van der Waals surface area contributed by atoms with Crippen LogP contribution < -0.4 is 26.4 Å². The highest BCUT2D eigenvalue weighted by Crippen LogP contribution is 2.20. The first-order chi connectivity index (χ1) is 16.0. The molecule has 1 heterocycles. The molecule has 10 nitrogen and oxygen atoms in total. The normalized spacial score (nSPS) is 18.1. The summed E-state index contributed by atoms with van der Waals surface area (Å²) < 4.78 is 5.14. The van der Waals surface area contributed by atoms with Crippen molar-refractivity contribution in [3.8, 4) is 5.75 Å². The van der Waals surface area contributed by atoms with Crippen molar-refractivity contribution in [1.29, 1.82) is 0 Å². The van der Waals surface area contributed by atoms with Crippen LogP contribution in [0, 0.1) is 0 Å². The van der Waals surface area contributed by atoms with Gasteiger partial charge in [-0.15, -0.1) is 0 Å². The van der Waals surface area contributed by atoms with E-state index in [0.29, 0.717) is 5.75 Å². The number of ether oxygens (including phenoxy) is 1. The largest absolute Gasteiger partial charge is 0.497 e. The van der Waals surface area contributed by atoms with Crippen molar-refractivity contribution in [3.05, 3.63) is 41.5 Å². The van der Waals surface area contributed by atoms with Gasteiger partial charge in [0.15, 0.2) is 0 Å². The van der Waals surface area contributed by atoms with Gasteiger partial charge in [0.05, 0.1) is 13.2 Å². The lowest BCUT2D eigenvalue weighted by Gasteiger charge is -2.25. The van der Waals surface area contributed by atoms with Gasteiger partial charge in [-0.25, -0.2) is 4.79 Å². The number of methoxy groups -OCH3 is 1. The van der Waals surface area contributed by atoms with Crippen molar-refractivity contribution < 1.29 is 23.9 Å². The third kappa shape index (κ3) is 7.79. The lowest BCUT2D eigenvalue weighted by Crippen LogP contribution is -2.52. The van der Waals surface area contributed by atoms with Crippen LogP contribution in [0.5, 0.6) is 5.75 Å². The minimum absolute atomic E-state index is 0.0572. The molecule has 0 aromatic heterocycles. The lowest BCUT2D eigenvalue weighted by atomic mass is 10.0. The van der Waals surface area contributed by atoms with E-state index >= 15 is 0 Å². The molecule has 1 aliphatic heterocycles. The van der Waals surface area contributed by atoms with E-state index in [0.717, 1.165) is 11.1 Å². The van der Waals surface area contributed by atoms with E-state index in [1.165, 1.54) is 11.0 Å². The van der Waals surface area contributed by atoms with E-state index < -0.39 is 29.9 Å². The van der Waals surface area contributed by atoms with Gasteiger partial charge in [0.25, 0.3) is 0 Å². The molecule has 34 heavy (non-hydrogen) atoms. The topological polar surface area (TPSA) is 143 Å². The number of nitrogens with two attached hydrogens (primary N) is 1. The number of amides is 5. The van der Waals surface area contributed by atoms with Gasteiger partial charge in [-0.2, -0.15) is 0 Å². The van der Waals surface area contributed by atoms with Crippen molar-refractivity contribution in [2.45, 2.75) is 64.7 Å². The highest BCUT2D eigenvalue weighted by Gasteiger charge is 2.40. The second-order valence-corrected chi connectivity index (χ2v) is 8.95. The third-order valence-corrected chi connectivity index (χ3v) is 5.31. The second kappa shape index (κ2) is 12.1. The molecular formula is C24H35N5O5. The zero-order valence-corrected chi connectivity index (χ0v) is 20.4. The van der Waals surface area contributed by atoms with E-state index in [2.05, 4.69) is 16.0 Å². The number of allylic oxidation sites excluding steroid dienone is 1. The van der Waals surface area contributed by atoms with Crippen LogP contribution in [0.3, 0.4) is 0 Å². The SMILES string of the molecule is COc1ccc(C[C@H](NC(=O)[C@@H]2C[C@@H](NC(=O)NC(C)C)CN2C(=O)C=C(C)C)C(N)=O)cc1. The van der Waals surface area contributed by atoms with E-state index in [1.54, 1.807) is 45.2 Å². The van der Waals surface area contributed by atoms with Crippen LogP contribution in [0.4, 0.5) is 4.79 Å². The fourth-order valence-electron chi connectivity index (χ4n) is 3.74. The molecule has 5 amide bonds. The minimum atomic E-state index is -0.961. The van der Waals surface area contributed by atoms with Crippen LogP contribution in [0.1, 0.15) is 39.7 Å². The van der Waals surface area contributed by atoms with Crippen LogP contribution in [-0.2, 0) is 20.8 Å². The van der Waals surface area contributed by atoms with Gasteiger partial charge >= 0.3 is 6.03 Å². The van der Waals surface area contributed by atoms with E-state index in [4.69, 9.17) is 10.5 Å². The number of hydrogen-bond donors (Lipinski definition) is 4. The molecule has 1 aromatic carbocycles. The van der Waals surface area contributed by atoms with Gasteiger partial charge in [0.2, 0.25) is 17.7 Å². The molecular weight excluding hydrogens is 438 g/mol. The molecule has 0 saturated carbocycles. The molecule has 2 rings (SSSR count). The molecule has 5 N–H and O–H groups in total. The Morgan fingerprint density at radius 3 is 2.32 bits per heavy atom. The average molecular weight is 474 g/mol. The average Bonchev–Trinajstić information content (AvgIpc) is 3.16. The first-order valence-corrected chi connectivity index (χ1v) is 11.2. The Labute approximate surface area is 200 Å². The molecule has 0 aliphatic carbocycles. The Hall–Kier alpha value is -3.56. The predicted molar refractivity (Wildman–Crippen MR) is 128 cm³/mol. The first kappa shape index (κ1) is 26.7. The zero-order valence-electron chi connectivity index (χ0n) is 20.4. The summed E-state index contributed by atoms with van der Waals surface area (Å²) in [5.74, 6) is -0.848. The number of carbonyl (C=O) groups is 4. The molecule has 1 aliphatic rings. The Bertz CT molecular complexity index is 924. The first-order valence-electron chi connectivity index (χ1n) is 11.2. The number of carbonyl (C=O) groups excluding carboxylic acids is 4. The maximum Gasteiger partial charge on any atom is 0.315 e. The Kier molecular flexibility index (Phi) is 9.47. The maximum atomic E-state index is 13.2. The molecule has 10 heteroatoms.